The standard InChI is InChI=1S/C19H30N4O3S/c1-12-7-5-9-17(13(12)2)20-19(24)16-8-6-10-23(11-16)27(25,26)18-14(3)21-22-15(18)4/h5,7,9,14-16,18,21-22H,6,8,10-11H2,1-4H3,(H,20,24). The maximum atomic E-state index is 13.1. The minimum absolute atomic E-state index is 0.104. The predicted octanol–water partition coefficient (Wildman–Crippen LogP) is 1.54. The lowest BCUT2D eigenvalue weighted by Gasteiger charge is -2.34. The average molecular weight is 395 g/mol. The fourth-order valence-electron chi connectivity index (χ4n) is 4.06. The molecule has 2 fully saturated rings. The first-order chi connectivity index (χ1) is 12.7. The molecule has 1 amide bonds. The lowest BCUT2D eigenvalue weighted by atomic mass is 9.98. The monoisotopic (exact) mass is 394 g/mol. The maximum Gasteiger partial charge on any atom is 0.228 e. The van der Waals surface area contributed by atoms with E-state index >= 15 is 0 Å². The smallest absolute Gasteiger partial charge is 0.228 e. The summed E-state index contributed by atoms with van der Waals surface area (Å²) in [7, 11) is -3.49. The van der Waals surface area contributed by atoms with E-state index in [1.165, 1.54) is 4.31 Å². The highest BCUT2D eigenvalue weighted by Gasteiger charge is 2.45. The van der Waals surface area contributed by atoms with Crippen molar-refractivity contribution >= 4 is 21.6 Å². The number of carbonyl (C=O) groups excluding carboxylic acids is 1. The van der Waals surface area contributed by atoms with Crippen LogP contribution in [0.5, 0.6) is 0 Å². The molecule has 1 aromatic carbocycles. The summed E-state index contributed by atoms with van der Waals surface area (Å²) in [5.41, 5.74) is 8.97. The van der Waals surface area contributed by atoms with Gasteiger partial charge in [0.25, 0.3) is 0 Å². The highest BCUT2D eigenvalue weighted by Crippen LogP contribution is 2.27. The second-order valence-corrected chi connectivity index (χ2v) is 9.90. The molecule has 8 heteroatoms. The number of nitrogens with one attached hydrogen (secondary N) is 3. The van der Waals surface area contributed by atoms with Crippen LogP contribution in [-0.4, -0.2) is 49.1 Å². The van der Waals surface area contributed by atoms with E-state index in [1.807, 2.05) is 45.9 Å². The third-order valence-corrected chi connectivity index (χ3v) is 8.40. The molecule has 3 atom stereocenters. The van der Waals surface area contributed by atoms with Crippen molar-refractivity contribution in [3.05, 3.63) is 29.3 Å². The largest absolute Gasteiger partial charge is 0.326 e. The number of carbonyl (C=O) groups is 1. The molecule has 3 rings (SSSR count). The zero-order valence-corrected chi connectivity index (χ0v) is 17.3. The lowest BCUT2D eigenvalue weighted by Crippen LogP contribution is -2.51. The second kappa shape index (κ2) is 7.87. The molecule has 0 spiro atoms. The van der Waals surface area contributed by atoms with Gasteiger partial charge in [-0.1, -0.05) is 12.1 Å². The molecule has 0 aromatic heterocycles. The SMILES string of the molecule is Cc1cccc(NC(=O)C2CCCN(S(=O)(=O)C3C(C)NNC3C)C2)c1C. The molecular weight excluding hydrogens is 364 g/mol. The van der Waals surface area contributed by atoms with E-state index in [0.717, 1.165) is 16.8 Å². The minimum atomic E-state index is -3.49. The Labute approximate surface area is 161 Å². The van der Waals surface area contributed by atoms with Crippen molar-refractivity contribution in [2.75, 3.05) is 18.4 Å². The number of aryl methyl sites for hydroxylation is 1. The molecule has 2 saturated heterocycles. The molecule has 1 aromatic rings. The van der Waals surface area contributed by atoms with Gasteiger partial charge in [0, 0.05) is 30.9 Å². The van der Waals surface area contributed by atoms with Gasteiger partial charge in [0.05, 0.1) is 5.92 Å². The van der Waals surface area contributed by atoms with Gasteiger partial charge in [-0.15, -0.1) is 0 Å². The number of hydrogen-bond acceptors (Lipinski definition) is 5. The molecule has 2 heterocycles. The second-order valence-electron chi connectivity index (χ2n) is 7.81. The van der Waals surface area contributed by atoms with Crippen molar-refractivity contribution < 1.29 is 13.2 Å². The molecule has 0 bridgehead atoms. The van der Waals surface area contributed by atoms with E-state index in [4.69, 9.17) is 0 Å². The van der Waals surface area contributed by atoms with Crippen molar-refractivity contribution in [3.63, 3.8) is 0 Å². The lowest BCUT2D eigenvalue weighted by molar-refractivity contribution is -0.120. The summed E-state index contributed by atoms with van der Waals surface area (Å²) < 4.78 is 27.8. The Hall–Kier alpha value is -1.48. The van der Waals surface area contributed by atoms with Crippen LogP contribution in [0.3, 0.4) is 0 Å². The van der Waals surface area contributed by atoms with Crippen LogP contribution in [0, 0.1) is 19.8 Å². The van der Waals surface area contributed by atoms with Gasteiger partial charge in [0.15, 0.2) is 0 Å². The molecule has 2 aliphatic heterocycles. The van der Waals surface area contributed by atoms with Crippen LogP contribution in [0.25, 0.3) is 0 Å². The van der Waals surface area contributed by atoms with Crippen molar-refractivity contribution in [3.8, 4) is 0 Å². The fraction of sp³-hybridized carbons (Fsp3) is 0.632. The van der Waals surface area contributed by atoms with Gasteiger partial charge in [-0.05, 0) is 57.7 Å². The molecular formula is C19H30N4O3S. The van der Waals surface area contributed by atoms with E-state index in [0.29, 0.717) is 19.4 Å². The Morgan fingerprint density at radius 2 is 1.85 bits per heavy atom. The molecule has 27 heavy (non-hydrogen) atoms. The minimum Gasteiger partial charge on any atom is -0.326 e. The quantitative estimate of drug-likeness (QED) is 0.721. The molecule has 0 aliphatic carbocycles. The summed E-state index contributed by atoms with van der Waals surface area (Å²) in [6.07, 6.45) is 1.40. The van der Waals surface area contributed by atoms with E-state index in [2.05, 4.69) is 16.2 Å². The van der Waals surface area contributed by atoms with E-state index in [9.17, 15) is 13.2 Å². The number of anilines is 1. The van der Waals surface area contributed by atoms with E-state index in [1.54, 1.807) is 0 Å². The Morgan fingerprint density at radius 3 is 2.52 bits per heavy atom. The average Bonchev–Trinajstić information content (AvgIpc) is 2.98. The molecule has 2 aliphatic rings. The molecule has 7 nitrogen and oxygen atoms in total. The van der Waals surface area contributed by atoms with Crippen LogP contribution in [0.1, 0.15) is 37.8 Å². The van der Waals surface area contributed by atoms with Gasteiger partial charge < -0.3 is 5.32 Å². The Kier molecular flexibility index (Phi) is 5.90. The van der Waals surface area contributed by atoms with Crippen molar-refractivity contribution in [1.29, 1.82) is 0 Å². The number of piperidine rings is 1. The Balaban J connectivity index is 1.72. The molecule has 3 N–H and O–H groups in total. The Morgan fingerprint density at radius 1 is 1.19 bits per heavy atom. The zero-order chi connectivity index (χ0) is 19.8. The van der Waals surface area contributed by atoms with Gasteiger partial charge in [-0.3, -0.25) is 15.6 Å². The van der Waals surface area contributed by atoms with Gasteiger partial charge in [-0.2, -0.15) is 0 Å². The van der Waals surface area contributed by atoms with Crippen molar-refractivity contribution in [2.45, 2.75) is 57.9 Å². The van der Waals surface area contributed by atoms with Crippen LogP contribution in [0.15, 0.2) is 18.2 Å². The number of hydrazine groups is 1. The number of sulfonamides is 1. The van der Waals surface area contributed by atoms with Crippen LogP contribution in [-0.2, 0) is 14.8 Å². The first-order valence-electron chi connectivity index (χ1n) is 9.59. The van der Waals surface area contributed by atoms with Crippen LogP contribution in [0.4, 0.5) is 5.69 Å². The number of hydrogen-bond donors (Lipinski definition) is 3. The summed E-state index contributed by atoms with van der Waals surface area (Å²) >= 11 is 0. The van der Waals surface area contributed by atoms with Gasteiger partial charge in [0.1, 0.15) is 5.25 Å². The summed E-state index contributed by atoms with van der Waals surface area (Å²) in [5.74, 6) is -0.436. The topological polar surface area (TPSA) is 90.5 Å². The van der Waals surface area contributed by atoms with Crippen LogP contribution >= 0.6 is 0 Å². The summed E-state index contributed by atoms with van der Waals surface area (Å²) in [6.45, 7) is 8.44. The fourth-order valence-corrected chi connectivity index (χ4v) is 6.34. The predicted molar refractivity (Wildman–Crippen MR) is 107 cm³/mol. The Bertz CT molecular complexity index is 801. The molecule has 150 valence electrons. The summed E-state index contributed by atoms with van der Waals surface area (Å²) in [4.78, 5) is 12.8. The van der Waals surface area contributed by atoms with Crippen LogP contribution in [0.2, 0.25) is 0 Å². The van der Waals surface area contributed by atoms with Gasteiger partial charge in [0.2, 0.25) is 15.9 Å². The highest BCUT2D eigenvalue weighted by atomic mass is 32.2. The van der Waals surface area contributed by atoms with Crippen molar-refractivity contribution in [2.24, 2.45) is 5.92 Å². The molecule has 0 saturated carbocycles. The van der Waals surface area contributed by atoms with Gasteiger partial charge in [-0.25, -0.2) is 12.7 Å². The molecule has 0 radical (unpaired) electrons. The first kappa shape index (κ1) is 20.3. The normalized spacial score (nSPS) is 29.6. The van der Waals surface area contributed by atoms with Crippen molar-refractivity contribution in [1.82, 2.24) is 15.2 Å². The number of amides is 1. The molecule has 3 unspecified atom stereocenters. The third-order valence-electron chi connectivity index (χ3n) is 5.85. The number of nitrogens with zero attached hydrogens (tertiary/aromatic N) is 1. The maximum absolute atomic E-state index is 13.1. The zero-order valence-electron chi connectivity index (χ0n) is 16.5. The van der Waals surface area contributed by atoms with Gasteiger partial charge >= 0.3 is 0 Å². The van der Waals surface area contributed by atoms with E-state index in [-0.39, 0.29) is 30.5 Å². The number of benzene rings is 1. The first-order valence-corrected chi connectivity index (χ1v) is 11.1. The van der Waals surface area contributed by atoms with Crippen LogP contribution < -0.4 is 16.2 Å². The van der Waals surface area contributed by atoms with E-state index < -0.39 is 15.3 Å². The summed E-state index contributed by atoms with van der Waals surface area (Å²) in [5, 5.41) is 2.47. The summed E-state index contributed by atoms with van der Waals surface area (Å²) in [6, 6.07) is 5.46. The number of rotatable bonds is 4. The third kappa shape index (κ3) is 4.03. The highest BCUT2D eigenvalue weighted by molar-refractivity contribution is 7.89.